The fourth-order valence-corrected chi connectivity index (χ4v) is 1.84. The Bertz CT molecular complexity index is 523. The zero-order valence-corrected chi connectivity index (χ0v) is 9.81. The van der Waals surface area contributed by atoms with Crippen LogP contribution in [-0.2, 0) is 0 Å². The molecule has 17 heavy (non-hydrogen) atoms. The van der Waals surface area contributed by atoms with Gasteiger partial charge < -0.3 is 16.2 Å². The summed E-state index contributed by atoms with van der Waals surface area (Å²) in [5, 5.41) is 0. The molecule has 4 N–H and O–H groups in total. The summed E-state index contributed by atoms with van der Waals surface area (Å²) < 4.78 is 5.59. The smallest absolute Gasteiger partial charge is 0.129 e. The van der Waals surface area contributed by atoms with Crippen LogP contribution < -0.4 is 16.2 Å². The Balaban J connectivity index is 2.61. The van der Waals surface area contributed by atoms with Gasteiger partial charge in [-0.1, -0.05) is 24.3 Å². The third-order valence-electron chi connectivity index (χ3n) is 2.59. The zero-order chi connectivity index (χ0) is 12.3. The molecule has 0 fully saturated rings. The van der Waals surface area contributed by atoms with Gasteiger partial charge in [-0.25, -0.2) is 0 Å². The number of nitrogens with two attached hydrogens (primary N) is 2. The van der Waals surface area contributed by atoms with E-state index in [0.717, 1.165) is 16.9 Å². The van der Waals surface area contributed by atoms with E-state index >= 15 is 0 Å². The molecule has 0 aliphatic rings. The molecule has 3 heteroatoms. The van der Waals surface area contributed by atoms with E-state index in [-0.39, 0.29) is 0 Å². The fraction of sp³-hybridized carbons (Fsp3) is 0.143. The maximum atomic E-state index is 6.02. The second-order valence-corrected chi connectivity index (χ2v) is 3.74. The lowest BCUT2D eigenvalue weighted by atomic mass is 10.0. The zero-order valence-electron chi connectivity index (χ0n) is 9.81. The lowest BCUT2D eigenvalue weighted by molar-refractivity contribution is 0.342. The number of benzene rings is 2. The Morgan fingerprint density at radius 2 is 1.65 bits per heavy atom. The Hall–Kier alpha value is -2.16. The number of nitrogen functional groups attached to an aromatic ring is 2. The predicted octanol–water partition coefficient (Wildman–Crippen LogP) is 2.92. The first-order valence-electron chi connectivity index (χ1n) is 5.60. The van der Waals surface area contributed by atoms with Crippen LogP contribution in [0.2, 0.25) is 0 Å². The number of rotatable bonds is 3. The van der Waals surface area contributed by atoms with Crippen LogP contribution in [0.25, 0.3) is 11.1 Å². The SMILES string of the molecule is CCOc1cccc(N)c1-c1ccccc1N. The van der Waals surface area contributed by atoms with E-state index in [4.69, 9.17) is 16.2 Å². The quantitative estimate of drug-likeness (QED) is 0.794. The largest absolute Gasteiger partial charge is 0.493 e. The fourth-order valence-electron chi connectivity index (χ4n) is 1.84. The number of para-hydroxylation sites is 1. The number of hydrogen-bond donors (Lipinski definition) is 2. The Kier molecular flexibility index (Phi) is 3.19. The highest BCUT2D eigenvalue weighted by Gasteiger charge is 2.11. The van der Waals surface area contributed by atoms with Crippen LogP contribution in [0.1, 0.15) is 6.92 Å². The lowest BCUT2D eigenvalue weighted by Crippen LogP contribution is -1.99. The van der Waals surface area contributed by atoms with E-state index in [1.807, 2.05) is 49.4 Å². The van der Waals surface area contributed by atoms with Crippen LogP contribution in [0.4, 0.5) is 11.4 Å². The minimum absolute atomic E-state index is 0.600. The molecule has 2 aromatic carbocycles. The molecule has 0 unspecified atom stereocenters. The van der Waals surface area contributed by atoms with Crippen molar-refractivity contribution in [3.05, 3.63) is 42.5 Å². The van der Waals surface area contributed by atoms with E-state index in [9.17, 15) is 0 Å². The molecule has 88 valence electrons. The van der Waals surface area contributed by atoms with E-state index in [1.54, 1.807) is 0 Å². The van der Waals surface area contributed by atoms with Gasteiger partial charge in [-0.15, -0.1) is 0 Å². The molecule has 0 amide bonds. The van der Waals surface area contributed by atoms with Gasteiger partial charge in [-0.2, -0.15) is 0 Å². The van der Waals surface area contributed by atoms with Crippen molar-refractivity contribution < 1.29 is 4.74 Å². The topological polar surface area (TPSA) is 61.3 Å². The molecular weight excluding hydrogens is 212 g/mol. The molecule has 2 rings (SSSR count). The van der Waals surface area contributed by atoms with Crippen LogP contribution in [0.3, 0.4) is 0 Å². The Labute approximate surface area is 101 Å². The van der Waals surface area contributed by atoms with Crippen LogP contribution in [0.15, 0.2) is 42.5 Å². The average molecular weight is 228 g/mol. The van der Waals surface area contributed by atoms with Gasteiger partial charge >= 0.3 is 0 Å². The summed E-state index contributed by atoms with van der Waals surface area (Å²) in [5.41, 5.74) is 15.1. The lowest BCUT2D eigenvalue weighted by Gasteiger charge is -2.14. The first-order chi connectivity index (χ1) is 8.24. The third kappa shape index (κ3) is 2.18. The van der Waals surface area contributed by atoms with Crippen LogP contribution in [0.5, 0.6) is 5.75 Å². The van der Waals surface area contributed by atoms with Crippen molar-refractivity contribution in [3.8, 4) is 16.9 Å². The standard InChI is InChI=1S/C14H16N2O/c1-2-17-13-9-5-8-12(16)14(13)10-6-3-4-7-11(10)15/h3-9H,2,15-16H2,1H3. The summed E-state index contributed by atoms with van der Waals surface area (Å²) in [6.07, 6.45) is 0. The number of ether oxygens (including phenoxy) is 1. The van der Waals surface area contributed by atoms with Crippen LogP contribution in [-0.4, -0.2) is 6.61 Å². The van der Waals surface area contributed by atoms with Crippen LogP contribution >= 0.6 is 0 Å². The first-order valence-corrected chi connectivity index (χ1v) is 5.60. The minimum Gasteiger partial charge on any atom is -0.493 e. The van der Waals surface area contributed by atoms with Crippen molar-refractivity contribution in [2.75, 3.05) is 18.1 Å². The van der Waals surface area contributed by atoms with E-state index in [0.29, 0.717) is 18.0 Å². The third-order valence-corrected chi connectivity index (χ3v) is 2.59. The normalized spacial score (nSPS) is 10.2. The highest BCUT2D eigenvalue weighted by atomic mass is 16.5. The summed E-state index contributed by atoms with van der Waals surface area (Å²) in [4.78, 5) is 0. The van der Waals surface area contributed by atoms with Gasteiger partial charge in [-0.05, 0) is 25.1 Å². The van der Waals surface area contributed by atoms with Gasteiger partial charge in [0.05, 0.1) is 6.61 Å². The number of hydrogen-bond acceptors (Lipinski definition) is 3. The highest BCUT2D eigenvalue weighted by Crippen LogP contribution is 2.38. The van der Waals surface area contributed by atoms with Crippen molar-refractivity contribution in [1.82, 2.24) is 0 Å². The van der Waals surface area contributed by atoms with Gasteiger partial charge in [-0.3, -0.25) is 0 Å². The second kappa shape index (κ2) is 4.78. The molecule has 0 spiro atoms. The first kappa shape index (κ1) is 11.3. The van der Waals surface area contributed by atoms with Crippen molar-refractivity contribution in [1.29, 1.82) is 0 Å². The van der Waals surface area contributed by atoms with Gasteiger partial charge in [0, 0.05) is 22.5 Å². The molecule has 0 heterocycles. The molecule has 0 saturated heterocycles. The van der Waals surface area contributed by atoms with Gasteiger partial charge in [0.2, 0.25) is 0 Å². The molecule has 0 atom stereocenters. The monoisotopic (exact) mass is 228 g/mol. The molecule has 3 nitrogen and oxygen atoms in total. The van der Waals surface area contributed by atoms with Crippen molar-refractivity contribution >= 4 is 11.4 Å². The van der Waals surface area contributed by atoms with Gasteiger partial charge in [0.25, 0.3) is 0 Å². The van der Waals surface area contributed by atoms with E-state index < -0.39 is 0 Å². The summed E-state index contributed by atoms with van der Waals surface area (Å²) in [6.45, 7) is 2.55. The Morgan fingerprint density at radius 1 is 0.941 bits per heavy atom. The molecule has 0 aromatic heterocycles. The Morgan fingerprint density at radius 3 is 2.35 bits per heavy atom. The predicted molar refractivity (Wildman–Crippen MR) is 71.9 cm³/mol. The molecule has 2 aromatic rings. The highest BCUT2D eigenvalue weighted by molar-refractivity contribution is 5.88. The second-order valence-electron chi connectivity index (χ2n) is 3.74. The van der Waals surface area contributed by atoms with Crippen LogP contribution in [0, 0.1) is 0 Å². The van der Waals surface area contributed by atoms with Gasteiger partial charge in [0.15, 0.2) is 0 Å². The maximum Gasteiger partial charge on any atom is 0.129 e. The summed E-state index contributed by atoms with van der Waals surface area (Å²) in [5.74, 6) is 0.769. The van der Waals surface area contributed by atoms with E-state index in [1.165, 1.54) is 0 Å². The molecule has 0 radical (unpaired) electrons. The molecular formula is C14H16N2O. The van der Waals surface area contributed by atoms with Crippen molar-refractivity contribution in [2.24, 2.45) is 0 Å². The van der Waals surface area contributed by atoms with E-state index in [2.05, 4.69) is 0 Å². The number of anilines is 2. The summed E-state index contributed by atoms with van der Waals surface area (Å²) in [7, 11) is 0. The average Bonchev–Trinajstić information content (AvgIpc) is 2.31. The summed E-state index contributed by atoms with van der Waals surface area (Å²) >= 11 is 0. The molecule has 0 bridgehead atoms. The molecule has 0 saturated carbocycles. The van der Waals surface area contributed by atoms with Crippen molar-refractivity contribution in [3.63, 3.8) is 0 Å². The summed E-state index contributed by atoms with van der Waals surface area (Å²) in [6, 6.07) is 13.3. The molecule has 0 aliphatic carbocycles. The van der Waals surface area contributed by atoms with Gasteiger partial charge in [0.1, 0.15) is 5.75 Å². The van der Waals surface area contributed by atoms with Crippen molar-refractivity contribution in [2.45, 2.75) is 6.92 Å². The molecule has 0 aliphatic heterocycles. The minimum atomic E-state index is 0.600. The maximum absolute atomic E-state index is 6.02.